The lowest BCUT2D eigenvalue weighted by molar-refractivity contribution is -0.142. The van der Waals surface area contributed by atoms with Crippen LogP contribution < -0.4 is 5.73 Å². The van der Waals surface area contributed by atoms with E-state index < -0.39 is 11.9 Å². The summed E-state index contributed by atoms with van der Waals surface area (Å²) in [5.41, 5.74) is 7.43. The zero-order valence-corrected chi connectivity index (χ0v) is 12.5. The third-order valence-corrected chi connectivity index (χ3v) is 4.27. The molecule has 1 aromatic carbocycles. The second kappa shape index (κ2) is 6.16. The smallest absolute Gasteiger partial charge is 0.308 e. The number of nitrogens with two attached hydrogens (primary N) is 1. The molecule has 0 saturated carbocycles. The number of carbonyl (C=O) groups is 2. The third kappa shape index (κ3) is 3.54. The van der Waals surface area contributed by atoms with E-state index in [1.54, 1.807) is 4.90 Å². The van der Waals surface area contributed by atoms with E-state index in [4.69, 9.17) is 10.8 Å². The number of carboxylic acid groups (broad SMARTS) is 1. The molecule has 0 spiro atoms. The van der Waals surface area contributed by atoms with Gasteiger partial charge >= 0.3 is 5.97 Å². The highest BCUT2D eigenvalue weighted by atomic mass is 16.4. The number of benzene rings is 1. The van der Waals surface area contributed by atoms with Crippen molar-refractivity contribution in [3.05, 3.63) is 29.8 Å². The van der Waals surface area contributed by atoms with Gasteiger partial charge in [-0.25, -0.2) is 0 Å². The second-order valence-electron chi connectivity index (χ2n) is 5.99. The van der Waals surface area contributed by atoms with E-state index in [-0.39, 0.29) is 17.7 Å². The van der Waals surface area contributed by atoms with Crippen molar-refractivity contribution in [2.24, 2.45) is 11.8 Å². The predicted octanol–water partition coefficient (Wildman–Crippen LogP) is 1.94. The molecule has 1 amide bonds. The summed E-state index contributed by atoms with van der Waals surface area (Å²) in [6.07, 6.45) is 0.392. The van der Waals surface area contributed by atoms with Gasteiger partial charge in [-0.3, -0.25) is 9.59 Å². The molecule has 0 aromatic heterocycles. The van der Waals surface area contributed by atoms with Crippen molar-refractivity contribution in [3.8, 4) is 0 Å². The highest BCUT2D eigenvalue weighted by molar-refractivity contribution is 5.79. The maximum atomic E-state index is 12.3. The Labute approximate surface area is 124 Å². The number of amides is 1. The highest BCUT2D eigenvalue weighted by Crippen LogP contribution is 2.26. The van der Waals surface area contributed by atoms with E-state index in [0.717, 1.165) is 5.56 Å². The summed E-state index contributed by atoms with van der Waals surface area (Å²) in [5.74, 6) is -1.13. The lowest BCUT2D eigenvalue weighted by Crippen LogP contribution is -2.30. The van der Waals surface area contributed by atoms with E-state index in [0.29, 0.717) is 25.2 Å². The van der Waals surface area contributed by atoms with Crippen LogP contribution in [0.15, 0.2) is 24.3 Å². The molecule has 1 saturated heterocycles. The Kier molecular flexibility index (Phi) is 4.50. The Morgan fingerprint density at radius 2 is 1.95 bits per heavy atom. The van der Waals surface area contributed by atoms with Gasteiger partial charge in [0.2, 0.25) is 5.91 Å². The summed E-state index contributed by atoms with van der Waals surface area (Å²) in [7, 11) is 0. The fourth-order valence-electron chi connectivity index (χ4n) is 2.83. The van der Waals surface area contributed by atoms with Crippen LogP contribution in [0.25, 0.3) is 0 Å². The molecule has 1 aliphatic rings. The first-order valence-electron chi connectivity index (χ1n) is 7.24. The number of rotatable bonds is 4. The van der Waals surface area contributed by atoms with Crippen LogP contribution in [0.1, 0.15) is 31.7 Å². The van der Waals surface area contributed by atoms with Crippen LogP contribution in [0.2, 0.25) is 0 Å². The lowest BCUT2D eigenvalue weighted by atomic mass is 9.97. The second-order valence-corrected chi connectivity index (χ2v) is 5.99. The summed E-state index contributed by atoms with van der Waals surface area (Å²) in [6.45, 7) is 4.74. The molecule has 21 heavy (non-hydrogen) atoms. The van der Waals surface area contributed by atoms with Crippen molar-refractivity contribution in [1.82, 2.24) is 4.90 Å². The number of aliphatic carboxylic acids is 1. The first-order valence-corrected chi connectivity index (χ1v) is 7.24. The van der Waals surface area contributed by atoms with Crippen molar-refractivity contribution in [2.75, 3.05) is 18.8 Å². The van der Waals surface area contributed by atoms with E-state index >= 15 is 0 Å². The average molecular weight is 290 g/mol. The molecule has 5 heteroatoms. The molecule has 5 nitrogen and oxygen atoms in total. The third-order valence-electron chi connectivity index (χ3n) is 4.27. The van der Waals surface area contributed by atoms with E-state index in [1.807, 2.05) is 38.1 Å². The molecule has 1 aromatic rings. The SMILES string of the molecule is CC(CC(=O)N1CC(C)C(C(=O)O)C1)c1ccc(N)cc1. The van der Waals surface area contributed by atoms with Crippen LogP contribution in [-0.4, -0.2) is 35.0 Å². The number of nitrogen functional groups attached to an aromatic ring is 1. The summed E-state index contributed by atoms with van der Waals surface area (Å²) >= 11 is 0. The molecular weight excluding hydrogens is 268 g/mol. The number of hydrogen-bond acceptors (Lipinski definition) is 3. The summed E-state index contributed by atoms with van der Waals surface area (Å²) in [5, 5.41) is 9.12. The van der Waals surface area contributed by atoms with Crippen molar-refractivity contribution in [2.45, 2.75) is 26.2 Å². The van der Waals surface area contributed by atoms with Gasteiger partial charge in [0.15, 0.2) is 0 Å². The van der Waals surface area contributed by atoms with Crippen LogP contribution in [0, 0.1) is 11.8 Å². The zero-order valence-electron chi connectivity index (χ0n) is 12.5. The van der Waals surface area contributed by atoms with Crippen LogP contribution in [0.5, 0.6) is 0 Å². The van der Waals surface area contributed by atoms with Crippen molar-refractivity contribution < 1.29 is 14.7 Å². The molecule has 1 fully saturated rings. The van der Waals surface area contributed by atoms with Gasteiger partial charge in [0.05, 0.1) is 5.92 Å². The Morgan fingerprint density at radius 1 is 1.33 bits per heavy atom. The van der Waals surface area contributed by atoms with Crippen molar-refractivity contribution >= 4 is 17.6 Å². The Bertz CT molecular complexity index is 527. The maximum absolute atomic E-state index is 12.3. The van der Waals surface area contributed by atoms with Gasteiger partial charge in [-0.15, -0.1) is 0 Å². The highest BCUT2D eigenvalue weighted by Gasteiger charge is 2.37. The number of carboxylic acids is 1. The Hall–Kier alpha value is -2.04. The number of hydrogen-bond donors (Lipinski definition) is 2. The predicted molar refractivity (Wildman–Crippen MR) is 80.8 cm³/mol. The topological polar surface area (TPSA) is 83.6 Å². The molecule has 114 valence electrons. The monoisotopic (exact) mass is 290 g/mol. The number of carbonyl (C=O) groups excluding carboxylic acids is 1. The molecule has 0 bridgehead atoms. The molecular formula is C16H22N2O3. The van der Waals surface area contributed by atoms with Crippen molar-refractivity contribution in [1.29, 1.82) is 0 Å². The Balaban J connectivity index is 1.95. The molecule has 2 rings (SSSR count). The number of likely N-dealkylation sites (tertiary alicyclic amines) is 1. The first-order chi connectivity index (χ1) is 9.88. The maximum Gasteiger partial charge on any atom is 0.308 e. The largest absolute Gasteiger partial charge is 0.481 e. The normalized spacial score (nSPS) is 23.0. The first kappa shape index (κ1) is 15.4. The van der Waals surface area contributed by atoms with Gasteiger partial charge in [-0.2, -0.15) is 0 Å². The molecule has 3 unspecified atom stereocenters. The van der Waals surface area contributed by atoms with Gasteiger partial charge in [-0.05, 0) is 29.5 Å². The van der Waals surface area contributed by atoms with Crippen molar-refractivity contribution in [3.63, 3.8) is 0 Å². The number of anilines is 1. The lowest BCUT2D eigenvalue weighted by Gasteiger charge is -2.19. The fraction of sp³-hybridized carbons (Fsp3) is 0.500. The Morgan fingerprint density at radius 3 is 2.48 bits per heavy atom. The van der Waals surface area contributed by atoms with Gasteiger partial charge in [-0.1, -0.05) is 26.0 Å². The van der Waals surface area contributed by atoms with Gasteiger partial charge in [0.25, 0.3) is 0 Å². The van der Waals surface area contributed by atoms with E-state index in [1.165, 1.54) is 0 Å². The molecule has 0 radical (unpaired) electrons. The minimum absolute atomic E-state index is 0.0123. The molecule has 1 aliphatic heterocycles. The minimum atomic E-state index is -0.815. The molecule has 3 N–H and O–H groups in total. The molecule has 3 atom stereocenters. The summed E-state index contributed by atoms with van der Waals surface area (Å²) in [6, 6.07) is 7.52. The van der Waals surface area contributed by atoms with Crippen LogP contribution in [0.3, 0.4) is 0 Å². The number of nitrogens with zero attached hydrogens (tertiary/aromatic N) is 1. The van der Waals surface area contributed by atoms with Crippen LogP contribution in [-0.2, 0) is 9.59 Å². The fourth-order valence-corrected chi connectivity index (χ4v) is 2.83. The molecule has 1 heterocycles. The van der Waals surface area contributed by atoms with E-state index in [9.17, 15) is 9.59 Å². The van der Waals surface area contributed by atoms with Gasteiger partial charge < -0.3 is 15.7 Å². The zero-order chi connectivity index (χ0) is 15.6. The van der Waals surface area contributed by atoms with Gasteiger partial charge in [0.1, 0.15) is 0 Å². The van der Waals surface area contributed by atoms with Crippen LogP contribution in [0.4, 0.5) is 5.69 Å². The average Bonchev–Trinajstić information content (AvgIpc) is 2.81. The minimum Gasteiger partial charge on any atom is -0.481 e. The summed E-state index contributed by atoms with van der Waals surface area (Å²) < 4.78 is 0. The quantitative estimate of drug-likeness (QED) is 0.830. The molecule has 0 aliphatic carbocycles. The standard InChI is InChI=1S/C16H22N2O3/c1-10(12-3-5-13(17)6-4-12)7-15(19)18-8-11(2)14(9-18)16(20)21/h3-6,10-11,14H,7-9,17H2,1-2H3,(H,20,21). The van der Waals surface area contributed by atoms with Crippen LogP contribution >= 0.6 is 0 Å². The summed E-state index contributed by atoms with van der Waals surface area (Å²) in [4.78, 5) is 25.1. The van der Waals surface area contributed by atoms with E-state index in [2.05, 4.69) is 0 Å². The van der Waals surface area contributed by atoms with Gasteiger partial charge in [0, 0.05) is 25.2 Å².